The summed E-state index contributed by atoms with van der Waals surface area (Å²) in [6.45, 7) is 5.43. The predicted octanol–water partition coefficient (Wildman–Crippen LogP) is 3.95. The minimum Gasteiger partial charge on any atom is -0.323 e. The molecule has 0 saturated carbocycles. The molecule has 1 heterocycles. The number of carbonyl (C=O) groups excluding carboxylic acids is 1. The van der Waals surface area contributed by atoms with Gasteiger partial charge in [0.2, 0.25) is 5.91 Å². The maximum atomic E-state index is 12.4. The van der Waals surface area contributed by atoms with Crippen molar-refractivity contribution in [2.45, 2.75) is 26.8 Å². The van der Waals surface area contributed by atoms with E-state index < -0.39 is 0 Å². The van der Waals surface area contributed by atoms with Crippen LogP contribution in [0.1, 0.15) is 23.4 Å². The van der Waals surface area contributed by atoms with Crippen LogP contribution in [-0.2, 0) is 11.3 Å². The molecule has 0 aliphatic heterocycles. The molecule has 3 rings (SSSR count). The van der Waals surface area contributed by atoms with Crippen LogP contribution in [0.3, 0.4) is 0 Å². The molecule has 0 unspecified atom stereocenters. The zero-order chi connectivity index (χ0) is 19.2. The van der Waals surface area contributed by atoms with Crippen LogP contribution >= 0.6 is 0 Å². The number of amides is 1. The fourth-order valence-corrected chi connectivity index (χ4v) is 3.11. The van der Waals surface area contributed by atoms with Crippen molar-refractivity contribution >= 4 is 11.6 Å². The first-order valence-electron chi connectivity index (χ1n) is 9.18. The van der Waals surface area contributed by atoms with Gasteiger partial charge in [-0.2, -0.15) is 5.10 Å². The Morgan fingerprint density at radius 3 is 2.33 bits per heavy atom. The minimum absolute atomic E-state index is 0.00808. The van der Waals surface area contributed by atoms with E-state index in [9.17, 15) is 4.79 Å². The summed E-state index contributed by atoms with van der Waals surface area (Å²) in [5, 5.41) is 7.62. The number of hydrogen-bond donors (Lipinski definition) is 1. The summed E-state index contributed by atoms with van der Waals surface area (Å²) in [5.41, 5.74) is 4.79. The highest BCUT2D eigenvalue weighted by Gasteiger charge is 2.15. The van der Waals surface area contributed by atoms with Gasteiger partial charge in [0.05, 0.1) is 22.8 Å². The summed E-state index contributed by atoms with van der Waals surface area (Å²) in [7, 11) is 2.03. The second-order valence-corrected chi connectivity index (χ2v) is 6.81. The average molecular weight is 362 g/mol. The van der Waals surface area contributed by atoms with Crippen LogP contribution < -0.4 is 5.32 Å². The molecule has 0 radical (unpaired) electrons. The molecular formula is C22H26N4O. The van der Waals surface area contributed by atoms with Crippen LogP contribution in [0.2, 0.25) is 0 Å². The normalized spacial score (nSPS) is 11.0. The molecule has 0 aliphatic carbocycles. The highest BCUT2D eigenvalue weighted by molar-refractivity contribution is 5.92. The number of nitrogens with zero attached hydrogens (tertiary/aromatic N) is 3. The Hall–Kier alpha value is -2.92. The number of aryl methyl sites for hydroxylation is 1. The van der Waals surface area contributed by atoms with Crippen LogP contribution in [0.15, 0.2) is 60.7 Å². The van der Waals surface area contributed by atoms with E-state index in [0.717, 1.165) is 29.3 Å². The van der Waals surface area contributed by atoms with Crippen LogP contribution in [0.5, 0.6) is 0 Å². The van der Waals surface area contributed by atoms with Crippen molar-refractivity contribution in [2.75, 3.05) is 18.9 Å². The van der Waals surface area contributed by atoms with Gasteiger partial charge in [0.25, 0.3) is 0 Å². The lowest BCUT2D eigenvalue weighted by Gasteiger charge is -2.16. The zero-order valence-corrected chi connectivity index (χ0v) is 16.1. The van der Waals surface area contributed by atoms with Crippen LogP contribution in [0.4, 0.5) is 5.69 Å². The van der Waals surface area contributed by atoms with Crippen LogP contribution in [-0.4, -0.2) is 34.2 Å². The van der Waals surface area contributed by atoms with Gasteiger partial charge in [0, 0.05) is 19.5 Å². The van der Waals surface area contributed by atoms with Crippen molar-refractivity contribution in [3.8, 4) is 5.69 Å². The lowest BCUT2D eigenvalue weighted by Crippen LogP contribution is -2.24. The number of benzene rings is 2. The van der Waals surface area contributed by atoms with Crippen LogP contribution in [0, 0.1) is 13.8 Å². The van der Waals surface area contributed by atoms with Crippen molar-refractivity contribution in [3.05, 3.63) is 77.6 Å². The van der Waals surface area contributed by atoms with Gasteiger partial charge in [0.15, 0.2) is 0 Å². The lowest BCUT2D eigenvalue weighted by atomic mass is 10.2. The van der Waals surface area contributed by atoms with Gasteiger partial charge in [-0.05, 0) is 38.6 Å². The molecule has 0 fully saturated rings. The van der Waals surface area contributed by atoms with Gasteiger partial charge in [-0.25, -0.2) is 4.68 Å². The van der Waals surface area contributed by atoms with Gasteiger partial charge in [-0.3, -0.25) is 4.79 Å². The van der Waals surface area contributed by atoms with Crippen molar-refractivity contribution in [1.82, 2.24) is 14.7 Å². The molecular weight excluding hydrogens is 336 g/mol. The van der Waals surface area contributed by atoms with Crippen molar-refractivity contribution in [1.29, 1.82) is 0 Å². The largest absolute Gasteiger partial charge is 0.323 e. The Kier molecular flexibility index (Phi) is 6.04. The number of carbonyl (C=O) groups is 1. The number of rotatable bonds is 7. The summed E-state index contributed by atoms with van der Waals surface area (Å²) in [4.78, 5) is 14.6. The van der Waals surface area contributed by atoms with E-state index in [0.29, 0.717) is 13.0 Å². The minimum atomic E-state index is 0.00808. The first kappa shape index (κ1) is 18.9. The van der Waals surface area contributed by atoms with Gasteiger partial charge >= 0.3 is 0 Å². The van der Waals surface area contributed by atoms with Gasteiger partial charge < -0.3 is 10.2 Å². The average Bonchev–Trinajstić information content (AvgIpc) is 2.96. The molecule has 3 aromatic rings. The molecule has 5 nitrogen and oxygen atoms in total. The van der Waals surface area contributed by atoms with E-state index in [1.807, 2.05) is 74.1 Å². The highest BCUT2D eigenvalue weighted by Crippen LogP contribution is 2.22. The van der Waals surface area contributed by atoms with E-state index in [-0.39, 0.29) is 5.91 Å². The van der Waals surface area contributed by atoms with E-state index >= 15 is 0 Å². The monoisotopic (exact) mass is 362 g/mol. The Morgan fingerprint density at radius 1 is 1.04 bits per heavy atom. The lowest BCUT2D eigenvalue weighted by molar-refractivity contribution is -0.116. The third-order valence-corrected chi connectivity index (χ3v) is 4.57. The molecule has 0 spiro atoms. The topological polar surface area (TPSA) is 50.2 Å². The fraction of sp³-hybridized carbons (Fsp3) is 0.273. The predicted molar refractivity (Wildman–Crippen MR) is 109 cm³/mol. The summed E-state index contributed by atoms with van der Waals surface area (Å²) in [5.74, 6) is 0.00808. The molecule has 5 heteroatoms. The molecule has 0 bridgehead atoms. The summed E-state index contributed by atoms with van der Waals surface area (Å²) in [6, 6.07) is 20.2. The maximum absolute atomic E-state index is 12.4. The van der Waals surface area contributed by atoms with Gasteiger partial charge in [-0.15, -0.1) is 0 Å². The molecule has 2 aromatic carbocycles. The van der Waals surface area contributed by atoms with E-state index in [1.54, 1.807) is 0 Å². The number of para-hydroxylation sites is 1. The molecule has 0 saturated heterocycles. The molecule has 27 heavy (non-hydrogen) atoms. The van der Waals surface area contributed by atoms with Crippen molar-refractivity contribution in [2.24, 2.45) is 0 Å². The second-order valence-electron chi connectivity index (χ2n) is 6.81. The van der Waals surface area contributed by atoms with Gasteiger partial charge in [0.1, 0.15) is 0 Å². The molecule has 1 amide bonds. The Labute approximate surface area is 160 Å². The van der Waals surface area contributed by atoms with E-state index in [4.69, 9.17) is 0 Å². The third kappa shape index (κ3) is 4.83. The Balaban J connectivity index is 1.59. The Bertz CT molecular complexity index is 887. The maximum Gasteiger partial charge on any atom is 0.225 e. The molecule has 0 atom stereocenters. The first-order valence-corrected chi connectivity index (χ1v) is 9.18. The highest BCUT2D eigenvalue weighted by atomic mass is 16.1. The summed E-state index contributed by atoms with van der Waals surface area (Å²) >= 11 is 0. The third-order valence-electron chi connectivity index (χ3n) is 4.57. The van der Waals surface area contributed by atoms with Crippen molar-refractivity contribution in [3.63, 3.8) is 0 Å². The number of hydrogen-bond acceptors (Lipinski definition) is 3. The quantitative estimate of drug-likeness (QED) is 0.692. The Morgan fingerprint density at radius 2 is 1.67 bits per heavy atom. The number of anilines is 1. The molecule has 1 N–H and O–H groups in total. The zero-order valence-electron chi connectivity index (χ0n) is 16.1. The number of aromatic nitrogens is 2. The van der Waals surface area contributed by atoms with E-state index in [2.05, 4.69) is 27.4 Å². The van der Waals surface area contributed by atoms with Crippen LogP contribution in [0.25, 0.3) is 5.69 Å². The second kappa shape index (κ2) is 8.64. The number of nitrogens with one attached hydrogen (secondary N) is 1. The standard InChI is InChI=1S/C22H26N4O/c1-17-22(18(2)26(24-17)20-12-8-5-9-13-20)23-21(27)14-15-25(3)16-19-10-6-4-7-11-19/h4-13H,14-16H2,1-3H3,(H,23,27). The molecule has 140 valence electrons. The smallest absolute Gasteiger partial charge is 0.225 e. The van der Waals surface area contributed by atoms with E-state index in [1.165, 1.54) is 5.56 Å². The SMILES string of the molecule is Cc1nn(-c2ccccc2)c(C)c1NC(=O)CCN(C)Cc1ccccc1. The molecule has 0 aliphatic rings. The summed E-state index contributed by atoms with van der Waals surface area (Å²) in [6.07, 6.45) is 0.443. The summed E-state index contributed by atoms with van der Waals surface area (Å²) < 4.78 is 1.87. The van der Waals surface area contributed by atoms with Gasteiger partial charge in [-0.1, -0.05) is 48.5 Å². The molecule has 1 aromatic heterocycles. The first-order chi connectivity index (χ1) is 13.0. The fourth-order valence-electron chi connectivity index (χ4n) is 3.11. The van der Waals surface area contributed by atoms with Crippen molar-refractivity contribution < 1.29 is 4.79 Å².